The number of unbranched alkanes of at least 4 members (excludes halogenated alkanes) is 1. The highest BCUT2D eigenvalue weighted by Crippen LogP contribution is 1.94. The minimum Gasteiger partial charge on any atom is -0.355 e. The minimum absolute atomic E-state index is 0.00352. The third kappa shape index (κ3) is 4.83. The van der Waals surface area contributed by atoms with Gasteiger partial charge in [0.1, 0.15) is 0 Å². The fraction of sp³-hybridized carbons (Fsp3) is 0.800. The molecule has 1 unspecified atom stereocenters. The van der Waals surface area contributed by atoms with Crippen molar-refractivity contribution in [3.63, 3.8) is 0 Å². The summed E-state index contributed by atoms with van der Waals surface area (Å²) < 4.78 is 0. The Balaban J connectivity index is 3.81. The van der Waals surface area contributed by atoms with Crippen molar-refractivity contribution in [2.45, 2.75) is 32.7 Å². The highest BCUT2D eigenvalue weighted by atomic mass is 16.2. The molecule has 14 heavy (non-hydrogen) atoms. The summed E-state index contributed by atoms with van der Waals surface area (Å²) in [6.45, 7) is 4.89. The second-order valence-electron chi connectivity index (χ2n) is 3.39. The van der Waals surface area contributed by atoms with E-state index in [9.17, 15) is 4.79 Å². The average Bonchev–Trinajstić information content (AvgIpc) is 2.17. The SMILES string of the molecule is CCCCNC(=O)C(C)N(C)CC#N. The molecule has 0 saturated carbocycles. The first-order valence-electron chi connectivity index (χ1n) is 4.98. The first kappa shape index (κ1) is 12.9. The Labute approximate surface area is 85.9 Å². The molecule has 0 bridgehead atoms. The third-order valence-corrected chi connectivity index (χ3v) is 2.19. The van der Waals surface area contributed by atoms with E-state index in [1.807, 2.05) is 6.07 Å². The highest BCUT2D eigenvalue weighted by molar-refractivity contribution is 5.81. The zero-order valence-corrected chi connectivity index (χ0v) is 9.21. The van der Waals surface area contributed by atoms with E-state index in [0.29, 0.717) is 0 Å². The second-order valence-corrected chi connectivity index (χ2v) is 3.39. The second kappa shape index (κ2) is 7.34. The van der Waals surface area contributed by atoms with Crippen LogP contribution in [0.25, 0.3) is 0 Å². The van der Waals surface area contributed by atoms with Gasteiger partial charge in [0.05, 0.1) is 18.7 Å². The lowest BCUT2D eigenvalue weighted by Gasteiger charge is -2.20. The van der Waals surface area contributed by atoms with E-state index in [4.69, 9.17) is 5.26 Å². The molecule has 0 aromatic heterocycles. The lowest BCUT2D eigenvalue weighted by Crippen LogP contribution is -2.43. The largest absolute Gasteiger partial charge is 0.355 e. The number of likely N-dealkylation sites (N-methyl/N-ethyl adjacent to an activating group) is 1. The standard InChI is InChI=1S/C10H19N3O/c1-4-5-7-12-10(14)9(2)13(3)8-6-11/h9H,4-5,7-8H2,1-3H3,(H,12,14). The molecule has 0 saturated heterocycles. The number of nitrogens with zero attached hydrogens (tertiary/aromatic N) is 2. The summed E-state index contributed by atoms with van der Waals surface area (Å²) in [6, 6.07) is 1.79. The van der Waals surface area contributed by atoms with Crippen LogP contribution >= 0.6 is 0 Å². The summed E-state index contributed by atoms with van der Waals surface area (Å²) in [5.74, 6) is -0.00352. The van der Waals surface area contributed by atoms with Gasteiger partial charge in [-0.15, -0.1) is 0 Å². The van der Waals surface area contributed by atoms with Gasteiger partial charge in [0, 0.05) is 6.54 Å². The van der Waals surface area contributed by atoms with E-state index in [-0.39, 0.29) is 18.5 Å². The molecule has 80 valence electrons. The van der Waals surface area contributed by atoms with Gasteiger partial charge in [-0.25, -0.2) is 0 Å². The Morgan fingerprint density at radius 2 is 2.29 bits per heavy atom. The fourth-order valence-electron chi connectivity index (χ4n) is 0.985. The maximum Gasteiger partial charge on any atom is 0.237 e. The number of amides is 1. The molecule has 0 aliphatic rings. The summed E-state index contributed by atoms with van der Waals surface area (Å²) in [5, 5.41) is 11.3. The van der Waals surface area contributed by atoms with Crippen LogP contribution in [0.15, 0.2) is 0 Å². The molecule has 0 radical (unpaired) electrons. The van der Waals surface area contributed by atoms with Gasteiger partial charge >= 0.3 is 0 Å². The molecular weight excluding hydrogens is 178 g/mol. The topological polar surface area (TPSA) is 56.1 Å². The lowest BCUT2D eigenvalue weighted by molar-refractivity contribution is -0.125. The smallest absolute Gasteiger partial charge is 0.237 e. The Morgan fingerprint density at radius 1 is 1.64 bits per heavy atom. The van der Waals surface area contributed by atoms with Gasteiger partial charge in [0.2, 0.25) is 5.91 Å². The number of nitriles is 1. The van der Waals surface area contributed by atoms with Crippen molar-refractivity contribution in [3.8, 4) is 6.07 Å². The Hall–Kier alpha value is -1.08. The predicted molar refractivity (Wildman–Crippen MR) is 55.6 cm³/mol. The van der Waals surface area contributed by atoms with Crippen molar-refractivity contribution in [2.24, 2.45) is 0 Å². The summed E-state index contributed by atoms with van der Waals surface area (Å²) in [7, 11) is 1.77. The normalized spacial score (nSPS) is 12.2. The molecule has 1 atom stereocenters. The maximum atomic E-state index is 11.5. The molecule has 0 aliphatic carbocycles. The predicted octanol–water partition coefficient (Wildman–Crippen LogP) is 0.747. The van der Waals surface area contributed by atoms with E-state index in [0.717, 1.165) is 19.4 Å². The number of hydrogen-bond donors (Lipinski definition) is 1. The zero-order chi connectivity index (χ0) is 11.0. The first-order valence-corrected chi connectivity index (χ1v) is 4.98. The summed E-state index contributed by atoms with van der Waals surface area (Å²) in [6.07, 6.45) is 2.07. The number of nitrogens with one attached hydrogen (secondary N) is 1. The van der Waals surface area contributed by atoms with E-state index >= 15 is 0 Å². The van der Waals surface area contributed by atoms with Crippen molar-refractivity contribution >= 4 is 5.91 Å². The van der Waals surface area contributed by atoms with Gasteiger partial charge in [-0.2, -0.15) is 5.26 Å². The third-order valence-electron chi connectivity index (χ3n) is 2.19. The van der Waals surface area contributed by atoms with Gasteiger partial charge in [0.15, 0.2) is 0 Å². The van der Waals surface area contributed by atoms with Crippen molar-refractivity contribution in [1.29, 1.82) is 5.26 Å². The molecule has 0 heterocycles. The Kier molecular flexibility index (Phi) is 6.77. The van der Waals surface area contributed by atoms with E-state index in [2.05, 4.69) is 12.2 Å². The summed E-state index contributed by atoms with van der Waals surface area (Å²) >= 11 is 0. The summed E-state index contributed by atoms with van der Waals surface area (Å²) in [5.41, 5.74) is 0. The van der Waals surface area contributed by atoms with Crippen LogP contribution in [0, 0.1) is 11.3 Å². The molecule has 0 aliphatic heterocycles. The zero-order valence-electron chi connectivity index (χ0n) is 9.21. The van der Waals surface area contributed by atoms with E-state index < -0.39 is 0 Å². The van der Waals surface area contributed by atoms with Crippen LogP contribution in [0.4, 0.5) is 0 Å². The molecule has 4 heteroatoms. The number of hydrogen-bond acceptors (Lipinski definition) is 3. The lowest BCUT2D eigenvalue weighted by atomic mass is 10.2. The van der Waals surface area contributed by atoms with Crippen LogP contribution < -0.4 is 5.32 Å². The van der Waals surface area contributed by atoms with Crippen molar-refractivity contribution in [2.75, 3.05) is 20.1 Å². The monoisotopic (exact) mass is 197 g/mol. The summed E-state index contributed by atoms with van der Waals surface area (Å²) in [4.78, 5) is 13.2. The maximum absolute atomic E-state index is 11.5. The average molecular weight is 197 g/mol. The van der Waals surface area contributed by atoms with Crippen LogP contribution in [0.3, 0.4) is 0 Å². The molecule has 0 aromatic carbocycles. The van der Waals surface area contributed by atoms with E-state index in [1.165, 1.54) is 0 Å². The molecule has 0 fully saturated rings. The van der Waals surface area contributed by atoms with Crippen molar-refractivity contribution in [1.82, 2.24) is 10.2 Å². The van der Waals surface area contributed by atoms with Crippen LogP contribution in [0.5, 0.6) is 0 Å². The first-order chi connectivity index (χ1) is 6.63. The van der Waals surface area contributed by atoms with Crippen LogP contribution in [0.1, 0.15) is 26.7 Å². The quantitative estimate of drug-likeness (QED) is 0.505. The molecule has 1 amide bonds. The highest BCUT2D eigenvalue weighted by Gasteiger charge is 2.16. The molecule has 0 rings (SSSR count). The Bertz CT molecular complexity index is 210. The van der Waals surface area contributed by atoms with Gasteiger partial charge in [-0.1, -0.05) is 13.3 Å². The molecular formula is C10H19N3O. The molecule has 1 N–H and O–H groups in total. The fourth-order valence-corrected chi connectivity index (χ4v) is 0.985. The van der Waals surface area contributed by atoms with Crippen molar-refractivity contribution < 1.29 is 4.79 Å². The minimum atomic E-state index is -0.230. The molecule has 0 aromatic rings. The van der Waals surface area contributed by atoms with Crippen molar-refractivity contribution in [3.05, 3.63) is 0 Å². The number of carbonyl (C=O) groups is 1. The molecule has 0 spiro atoms. The van der Waals surface area contributed by atoms with Gasteiger partial charge in [-0.05, 0) is 20.4 Å². The molecule has 4 nitrogen and oxygen atoms in total. The van der Waals surface area contributed by atoms with Gasteiger partial charge in [0.25, 0.3) is 0 Å². The van der Waals surface area contributed by atoms with Gasteiger partial charge < -0.3 is 5.32 Å². The van der Waals surface area contributed by atoms with E-state index in [1.54, 1.807) is 18.9 Å². The number of rotatable bonds is 6. The Morgan fingerprint density at radius 3 is 2.79 bits per heavy atom. The van der Waals surface area contributed by atoms with Crippen LogP contribution in [0.2, 0.25) is 0 Å². The number of carbonyl (C=O) groups excluding carboxylic acids is 1. The van der Waals surface area contributed by atoms with Crippen LogP contribution in [-0.2, 0) is 4.79 Å². The van der Waals surface area contributed by atoms with Gasteiger partial charge in [-0.3, -0.25) is 9.69 Å². The van der Waals surface area contributed by atoms with Crippen LogP contribution in [-0.4, -0.2) is 37.0 Å².